The summed E-state index contributed by atoms with van der Waals surface area (Å²) in [6.45, 7) is 0. The molecule has 0 fully saturated rings. The van der Waals surface area contributed by atoms with Crippen molar-refractivity contribution in [3.05, 3.63) is 283 Å². The summed E-state index contributed by atoms with van der Waals surface area (Å²) in [5, 5.41) is 2.36. The van der Waals surface area contributed by atoms with Gasteiger partial charge in [0.15, 0.2) is 0 Å². The highest BCUT2D eigenvalue weighted by molar-refractivity contribution is 6.05. The Bertz CT molecular complexity index is 3600. The second-order valence-electron chi connectivity index (χ2n) is 17.6. The van der Waals surface area contributed by atoms with Gasteiger partial charge in [-0.3, -0.25) is 0 Å². The lowest BCUT2D eigenvalue weighted by Crippen LogP contribution is -2.28. The van der Waals surface area contributed by atoms with Gasteiger partial charge >= 0.3 is 0 Å². The van der Waals surface area contributed by atoms with Gasteiger partial charge < -0.3 is 9.64 Å². The third kappa shape index (κ3) is 6.18. The second-order valence-corrected chi connectivity index (χ2v) is 17.6. The van der Waals surface area contributed by atoms with E-state index >= 15 is 0 Å². The van der Waals surface area contributed by atoms with Crippen LogP contribution in [-0.4, -0.2) is 0 Å². The number of hydrogen-bond donors (Lipinski definition) is 0. The molecular formula is C65H43NO. The first-order chi connectivity index (χ1) is 33.2. The molecule has 2 nitrogen and oxygen atoms in total. The SMILES string of the molecule is c1ccc(-c2ccc(N(c3ccc4c(c3)C(c3ccccc3)(c3ccccc3)c3ccccc3-4)c3cccc4c3-c3cc5ccccc5cc3-c3cccc(-c5ccccc5)c3O4)cc2)cc1. The van der Waals surface area contributed by atoms with E-state index in [1.54, 1.807) is 0 Å². The molecule has 0 atom stereocenters. The number of ether oxygens (including phenoxy) is 1. The normalized spacial score (nSPS) is 12.7. The van der Waals surface area contributed by atoms with Crippen LogP contribution in [-0.2, 0) is 5.41 Å². The number of para-hydroxylation sites is 1. The number of hydrogen-bond acceptors (Lipinski definition) is 2. The maximum atomic E-state index is 7.38. The molecule has 2 aliphatic rings. The Labute approximate surface area is 391 Å². The molecule has 0 radical (unpaired) electrons. The maximum Gasteiger partial charge on any atom is 0.143 e. The van der Waals surface area contributed by atoms with Crippen molar-refractivity contribution < 1.29 is 4.74 Å². The predicted octanol–water partition coefficient (Wildman–Crippen LogP) is 17.4. The molecule has 13 rings (SSSR count). The molecule has 0 unspecified atom stereocenters. The Balaban J connectivity index is 1.10. The zero-order valence-corrected chi connectivity index (χ0v) is 36.7. The number of benzene rings is 11. The highest BCUT2D eigenvalue weighted by atomic mass is 16.5. The molecule has 314 valence electrons. The third-order valence-electron chi connectivity index (χ3n) is 13.9. The third-order valence-corrected chi connectivity index (χ3v) is 13.9. The van der Waals surface area contributed by atoms with E-state index in [0.717, 1.165) is 67.5 Å². The summed E-state index contributed by atoms with van der Waals surface area (Å²) < 4.78 is 7.38. The summed E-state index contributed by atoms with van der Waals surface area (Å²) in [7, 11) is 0. The highest BCUT2D eigenvalue weighted by Gasteiger charge is 2.46. The largest absolute Gasteiger partial charge is 0.455 e. The van der Waals surface area contributed by atoms with Gasteiger partial charge in [0.25, 0.3) is 0 Å². The van der Waals surface area contributed by atoms with Crippen LogP contribution >= 0.6 is 0 Å². The molecule has 0 amide bonds. The van der Waals surface area contributed by atoms with Gasteiger partial charge in [0, 0.05) is 28.1 Å². The van der Waals surface area contributed by atoms with Crippen molar-refractivity contribution in [1.29, 1.82) is 0 Å². The van der Waals surface area contributed by atoms with Gasteiger partial charge in [-0.15, -0.1) is 0 Å². The molecule has 67 heavy (non-hydrogen) atoms. The van der Waals surface area contributed by atoms with Gasteiger partial charge in [-0.25, -0.2) is 0 Å². The standard InChI is InChI=1S/C65H43NO/c1-5-19-44(20-6-1)45-35-37-51(38-36-45)66(52-39-40-55-54-29-15-16-32-59(54)65(60(55)43-52,49-25-9-3-10-26-49)50-27-11-4-12-28-50)61-33-18-34-62-63(61)58-42-48-24-14-13-23-47(48)41-57(58)56-31-17-30-53(64(56)67-62)46-21-7-2-8-22-46/h1-43H. The molecule has 1 aliphatic heterocycles. The van der Waals surface area contributed by atoms with Gasteiger partial charge in [-0.2, -0.15) is 0 Å². The van der Waals surface area contributed by atoms with E-state index in [0.29, 0.717) is 0 Å². The fourth-order valence-corrected chi connectivity index (χ4v) is 11.0. The first kappa shape index (κ1) is 38.7. The van der Waals surface area contributed by atoms with E-state index < -0.39 is 5.41 Å². The zero-order chi connectivity index (χ0) is 44.3. The summed E-state index contributed by atoms with van der Waals surface area (Å²) in [5.74, 6) is 1.66. The monoisotopic (exact) mass is 853 g/mol. The molecule has 1 aliphatic carbocycles. The maximum absolute atomic E-state index is 7.38. The van der Waals surface area contributed by atoms with Crippen molar-refractivity contribution in [3.8, 4) is 67.1 Å². The number of rotatable bonds is 7. The molecule has 1 heterocycles. The minimum Gasteiger partial charge on any atom is -0.455 e. The van der Waals surface area contributed by atoms with Crippen LogP contribution in [0.3, 0.4) is 0 Å². The van der Waals surface area contributed by atoms with Crippen molar-refractivity contribution in [2.45, 2.75) is 5.41 Å². The average Bonchev–Trinajstić information content (AvgIpc) is 3.61. The van der Waals surface area contributed by atoms with Crippen molar-refractivity contribution in [1.82, 2.24) is 0 Å². The smallest absolute Gasteiger partial charge is 0.143 e. The summed E-state index contributed by atoms with van der Waals surface area (Å²) in [6, 6.07) is 95.0. The van der Waals surface area contributed by atoms with Gasteiger partial charge in [0.05, 0.1) is 11.1 Å². The molecule has 0 aromatic heterocycles. The predicted molar refractivity (Wildman–Crippen MR) is 278 cm³/mol. The van der Waals surface area contributed by atoms with E-state index in [1.165, 1.54) is 49.7 Å². The van der Waals surface area contributed by atoms with Gasteiger partial charge in [-0.1, -0.05) is 212 Å². The molecule has 0 bridgehead atoms. The lowest BCUT2D eigenvalue weighted by Gasteiger charge is -2.35. The number of anilines is 3. The quantitative estimate of drug-likeness (QED) is 0.158. The van der Waals surface area contributed by atoms with E-state index in [1.807, 2.05) is 0 Å². The lowest BCUT2D eigenvalue weighted by molar-refractivity contribution is 0.489. The Hall–Kier alpha value is -8.72. The van der Waals surface area contributed by atoms with Gasteiger partial charge in [0.1, 0.15) is 11.5 Å². The zero-order valence-electron chi connectivity index (χ0n) is 36.7. The van der Waals surface area contributed by atoms with E-state index in [-0.39, 0.29) is 0 Å². The van der Waals surface area contributed by atoms with Crippen molar-refractivity contribution in [3.63, 3.8) is 0 Å². The molecule has 0 saturated heterocycles. The molecule has 11 aromatic carbocycles. The first-order valence-electron chi connectivity index (χ1n) is 23.1. The number of nitrogens with zero attached hydrogens (tertiary/aromatic N) is 1. The number of fused-ring (bicyclic) bond motifs is 9. The lowest BCUT2D eigenvalue weighted by atomic mass is 9.67. The second kappa shape index (κ2) is 15.8. The molecule has 0 saturated carbocycles. The van der Waals surface area contributed by atoms with Crippen LogP contribution in [0.2, 0.25) is 0 Å². The summed E-state index contributed by atoms with van der Waals surface area (Å²) in [5.41, 5.74) is 18.9. The van der Waals surface area contributed by atoms with Crippen LogP contribution in [0.4, 0.5) is 17.1 Å². The molecular weight excluding hydrogens is 811 g/mol. The minimum atomic E-state index is -0.564. The van der Waals surface area contributed by atoms with Crippen LogP contribution < -0.4 is 9.64 Å². The summed E-state index contributed by atoms with van der Waals surface area (Å²) in [6.07, 6.45) is 0. The van der Waals surface area contributed by atoms with Crippen molar-refractivity contribution >= 4 is 27.8 Å². The highest BCUT2D eigenvalue weighted by Crippen LogP contribution is 2.59. The van der Waals surface area contributed by atoms with Gasteiger partial charge in [-0.05, 0) is 121 Å². The average molecular weight is 854 g/mol. The molecule has 11 aromatic rings. The van der Waals surface area contributed by atoms with Crippen LogP contribution in [0, 0.1) is 0 Å². The van der Waals surface area contributed by atoms with E-state index in [2.05, 4.69) is 266 Å². The van der Waals surface area contributed by atoms with Crippen molar-refractivity contribution in [2.75, 3.05) is 4.90 Å². The summed E-state index contributed by atoms with van der Waals surface area (Å²) in [4.78, 5) is 2.45. The van der Waals surface area contributed by atoms with E-state index in [9.17, 15) is 0 Å². The Kier molecular flexibility index (Phi) is 9.11. The van der Waals surface area contributed by atoms with Crippen LogP contribution in [0.1, 0.15) is 22.3 Å². The fraction of sp³-hybridized carbons (Fsp3) is 0.0154. The van der Waals surface area contributed by atoms with Crippen LogP contribution in [0.25, 0.3) is 66.4 Å². The van der Waals surface area contributed by atoms with Crippen LogP contribution in [0.15, 0.2) is 261 Å². The Morgan fingerprint density at radius 1 is 0.313 bits per heavy atom. The van der Waals surface area contributed by atoms with E-state index in [4.69, 9.17) is 4.74 Å². The summed E-state index contributed by atoms with van der Waals surface area (Å²) >= 11 is 0. The van der Waals surface area contributed by atoms with Gasteiger partial charge in [0.2, 0.25) is 0 Å². The topological polar surface area (TPSA) is 12.5 Å². The first-order valence-corrected chi connectivity index (χ1v) is 23.1. The molecule has 0 N–H and O–H groups in total. The van der Waals surface area contributed by atoms with Crippen LogP contribution in [0.5, 0.6) is 11.5 Å². The molecule has 2 heteroatoms. The Morgan fingerprint density at radius 2 is 0.836 bits per heavy atom. The molecule has 0 spiro atoms. The Morgan fingerprint density at radius 3 is 1.54 bits per heavy atom. The fourth-order valence-electron chi connectivity index (χ4n) is 11.0. The minimum absolute atomic E-state index is 0.564. The van der Waals surface area contributed by atoms with Crippen molar-refractivity contribution in [2.24, 2.45) is 0 Å².